The van der Waals surface area contributed by atoms with Gasteiger partial charge in [-0.15, -0.1) is 0 Å². The minimum atomic E-state index is 0.505. The summed E-state index contributed by atoms with van der Waals surface area (Å²) in [6.07, 6.45) is 4.45. The van der Waals surface area contributed by atoms with Gasteiger partial charge in [-0.2, -0.15) is 4.98 Å². The van der Waals surface area contributed by atoms with Gasteiger partial charge in [0.05, 0.1) is 0 Å². The summed E-state index contributed by atoms with van der Waals surface area (Å²) in [7, 11) is 0. The standard InChI is InChI=1S/C23H22N6/c1-14-8-18-10-16(3-5-20(18)28-14)12-26-23-27-13-19(22(24)29-23)9-15-2-4-17-6-7-25-21(17)11-15/h2-8,10-11,13,25,28H,9,12H2,1H3,(H3,24,26,27,29). The van der Waals surface area contributed by atoms with Crippen LogP contribution < -0.4 is 11.1 Å². The van der Waals surface area contributed by atoms with Crippen LogP contribution in [-0.4, -0.2) is 19.9 Å². The van der Waals surface area contributed by atoms with Crippen LogP contribution in [0.25, 0.3) is 21.8 Å². The molecule has 2 aromatic carbocycles. The van der Waals surface area contributed by atoms with Crippen molar-refractivity contribution in [2.24, 2.45) is 0 Å². The number of hydrogen-bond donors (Lipinski definition) is 4. The fourth-order valence-electron chi connectivity index (χ4n) is 3.68. The maximum atomic E-state index is 6.20. The molecule has 0 bridgehead atoms. The molecule has 0 spiro atoms. The normalized spacial score (nSPS) is 11.3. The molecule has 3 heterocycles. The molecule has 6 heteroatoms. The zero-order valence-corrected chi connectivity index (χ0v) is 16.2. The van der Waals surface area contributed by atoms with Crippen molar-refractivity contribution < 1.29 is 0 Å². The third-order valence-corrected chi connectivity index (χ3v) is 5.18. The van der Waals surface area contributed by atoms with Crippen LogP contribution in [0.3, 0.4) is 0 Å². The zero-order valence-electron chi connectivity index (χ0n) is 16.2. The summed E-state index contributed by atoms with van der Waals surface area (Å²) in [6.45, 7) is 2.70. The van der Waals surface area contributed by atoms with E-state index in [-0.39, 0.29) is 0 Å². The van der Waals surface area contributed by atoms with Crippen molar-refractivity contribution in [3.63, 3.8) is 0 Å². The highest BCUT2D eigenvalue weighted by atomic mass is 15.1. The Kier molecular flexibility index (Phi) is 4.17. The Morgan fingerprint density at radius 2 is 1.86 bits per heavy atom. The lowest BCUT2D eigenvalue weighted by Crippen LogP contribution is -2.07. The third-order valence-electron chi connectivity index (χ3n) is 5.18. The lowest BCUT2D eigenvalue weighted by atomic mass is 10.1. The van der Waals surface area contributed by atoms with Crippen LogP contribution in [0.4, 0.5) is 11.8 Å². The molecule has 0 aliphatic heterocycles. The van der Waals surface area contributed by atoms with E-state index in [0.29, 0.717) is 24.7 Å². The van der Waals surface area contributed by atoms with E-state index in [9.17, 15) is 0 Å². The first-order valence-electron chi connectivity index (χ1n) is 9.63. The number of fused-ring (bicyclic) bond motifs is 2. The van der Waals surface area contributed by atoms with Crippen molar-refractivity contribution in [3.05, 3.63) is 83.3 Å². The summed E-state index contributed by atoms with van der Waals surface area (Å²) in [6, 6.07) is 16.9. The van der Waals surface area contributed by atoms with Crippen LogP contribution in [-0.2, 0) is 13.0 Å². The predicted octanol–water partition coefficient (Wildman–Crippen LogP) is 4.53. The average Bonchev–Trinajstić information content (AvgIpc) is 3.32. The lowest BCUT2D eigenvalue weighted by Gasteiger charge is -2.09. The molecule has 0 fully saturated rings. The highest BCUT2D eigenvalue weighted by molar-refractivity contribution is 5.81. The summed E-state index contributed by atoms with van der Waals surface area (Å²) in [5, 5.41) is 5.67. The van der Waals surface area contributed by atoms with Gasteiger partial charge in [-0.05, 0) is 59.2 Å². The number of nitrogens with one attached hydrogen (secondary N) is 3. The Bertz CT molecular complexity index is 1310. The first-order chi connectivity index (χ1) is 14.1. The number of aromatic nitrogens is 4. The second kappa shape index (κ2) is 6.98. The minimum Gasteiger partial charge on any atom is -0.383 e. The van der Waals surface area contributed by atoms with Gasteiger partial charge in [0, 0.05) is 47.7 Å². The van der Waals surface area contributed by atoms with E-state index >= 15 is 0 Å². The fourth-order valence-corrected chi connectivity index (χ4v) is 3.68. The quantitative estimate of drug-likeness (QED) is 0.359. The van der Waals surface area contributed by atoms with Crippen molar-refractivity contribution >= 4 is 33.6 Å². The van der Waals surface area contributed by atoms with Gasteiger partial charge in [0.15, 0.2) is 0 Å². The van der Waals surface area contributed by atoms with Crippen LogP contribution in [0.15, 0.2) is 60.9 Å². The molecule has 0 aliphatic carbocycles. The molecule has 0 aliphatic rings. The summed E-state index contributed by atoms with van der Waals surface area (Å²) >= 11 is 0. The van der Waals surface area contributed by atoms with Crippen molar-refractivity contribution in [2.45, 2.75) is 19.9 Å². The van der Waals surface area contributed by atoms with Gasteiger partial charge in [-0.3, -0.25) is 0 Å². The average molecular weight is 382 g/mol. The maximum Gasteiger partial charge on any atom is 0.224 e. The number of nitrogens with zero attached hydrogens (tertiary/aromatic N) is 2. The highest BCUT2D eigenvalue weighted by Crippen LogP contribution is 2.20. The molecular weight excluding hydrogens is 360 g/mol. The minimum absolute atomic E-state index is 0.505. The second-order valence-corrected chi connectivity index (χ2v) is 7.41. The number of hydrogen-bond acceptors (Lipinski definition) is 4. The molecule has 3 aromatic heterocycles. The van der Waals surface area contributed by atoms with Crippen molar-refractivity contribution in [1.82, 2.24) is 19.9 Å². The Hall–Kier alpha value is -3.80. The number of aryl methyl sites for hydroxylation is 1. The van der Waals surface area contributed by atoms with E-state index in [2.05, 4.69) is 80.7 Å². The summed E-state index contributed by atoms with van der Waals surface area (Å²) in [5.74, 6) is 1.04. The second-order valence-electron chi connectivity index (χ2n) is 7.41. The summed E-state index contributed by atoms with van der Waals surface area (Å²) in [5.41, 5.74) is 12.9. The largest absolute Gasteiger partial charge is 0.383 e. The predicted molar refractivity (Wildman–Crippen MR) is 118 cm³/mol. The van der Waals surface area contributed by atoms with Crippen LogP contribution in [0.5, 0.6) is 0 Å². The van der Waals surface area contributed by atoms with Crippen molar-refractivity contribution in [3.8, 4) is 0 Å². The van der Waals surface area contributed by atoms with Crippen LogP contribution >= 0.6 is 0 Å². The van der Waals surface area contributed by atoms with Gasteiger partial charge in [0.1, 0.15) is 5.82 Å². The van der Waals surface area contributed by atoms with E-state index in [1.165, 1.54) is 21.9 Å². The first kappa shape index (κ1) is 17.3. The molecule has 0 atom stereocenters. The molecule has 0 saturated heterocycles. The molecule has 5 rings (SSSR count). The van der Waals surface area contributed by atoms with Gasteiger partial charge < -0.3 is 21.0 Å². The third kappa shape index (κ3) is 3.52. The number of aromatic amines is 2. The Morgan fingerprint density at radius 3 is 2.76 bits per heavy atom. The molecular formula is C23H22N6. The molecule has 144 valence electrons. The molecule has 5 N–H and O–H groups in total. The van der Waals surface area contributed by atoms with Crippen LogP contribution in [0.2, 0.25) is 0 Å². The van der Waals surface area contributed by atoms with Crippen molar-refractivity contribution in [1.29, 1.82) is 0 Å². The first-order valence-corrected chi connectivity index (χ1v) is 9.63. The van der Waals surface area contributed by atoms with E-state index in [0.717, 1.165) is 22.3 Å². The Morgan fingerprint density at radius 1 is 0.966 bits per heavy atom. The van der Waals surface area contributed by atoms with E-state index in [1.54, 1.807) is 0 Å². The molecule has 6 nitrogen and oxygen atoms in total. The lowest BCUT2D eigenvalue weighted by molar-refractivity contribution is 1.03. The molecule has 5 aromatic rings. The molecule has 0 saturated carbocycles. The van der Waals surface area contributed by atoms with Gasteiger partial charge in [-0.1, -0.05) is 18.2 Å². The van der Waals surface area contributed by atoms with E-state index < -0.39 is 0 Å². The topological polar surface area (TPSA) is 95.4 Å². The molecule has 0 unspecified atom stereocenters. The maximum absolute atomic E-state index is 6.20. The zero-order chi connectivity index (χ0) is 19.8. The van der Waals surface area contributed by atoms with Gasteiger partial charge >= 0.3 is 0 Å². The van der Waals surface area contributed by atoms with Gasteiger partial charge in [0.2, 0.25) is 5.95 Å². The Labute approximate surface area is 168 Å². The van der Waals surface area contributed by atoms with Gasteiger partial charge in [0.25, 0.3) is 0 Å². The van der Waals surface area contributed by atoms with Crippen LogP contribution in [0, 0.1) is 6.92 Å². The van der Waals surface area contributed by atoms with Crippen molar-refractivity contribution in [2.75, 3.05) is 11.1 Å². The molecule has 0 amide bonds. The molecule has 29 heavy (non-hydrogen) atoms. The van der Waals surface area contributed by atoms with E-state index in [1.807, 2.05) is 12.4 Å². The van der Waals surface area contributed by atoms with E-state index in [4.69, 9.17) is 5.73 Å². The van der Waals surface area contributed by atoms with Crippen LogP contribution in [0.1, 0.15) is 22.4 Å². The Balaban J connectivity index is 1.29. The molecule has 0 radical (unpaired) electrons. The fraction of sp³-hybridized carbons (Fsp3) is 0.130. The SMILES string of the molecule is Cc1cc2cc(CNc3ncc(Cc4ccc5cc[nH]c5c4)c(N)n3)ccc2[nH]1. The van der Waals surface area contributed by atoms with Gasteiger partial charge in [-0.25, -0.2) is 4.98 Å². The highest BCUT2D eigenvalue weighted by Gasteiger charge is 2.07. The number of nitrogens with two attached hydrogens (primary N) is 1. The number of rotatable bonds is 5. The smallest absolute Gasteiger partial charge is 0.224 e. The number of nitrogen functional groups attached to an aromatic ring is 1. The number of H-pyrrole nitrogens is 2. The monoisotopic (exact) mass is 382 g/mol. The number of benzene rings is 2. The summed E-state index contributed by atoms with van der Waals surface area (Å²) < 4.78 is 0. The number of anilines is 2. The summed E-state index contributed by atoms with van der Waals surface area (Å²) in [4.78, 5) is 15.5.